The molecule has 0 amide bonds. The van der Waals surface area contributed by atoms with E-state index in [0.717, 1.165) is 25.6 Å². The molecule has 0 fully saturated rings. The number of hydrogen-bond acceptors (Lipinski definition) is 3. The molecule has 0 unspecified atom stereocenters. The van der Waals surface area contributed by atoms with Crippen LogP contribution in [0.25, 0.3) is 10.6 Å². The van der Waals surface area contributed by atoms with E-state index in [1.54, 1.807) is 11.3 Å². The SMILES string of the molecule is Cc1nc(-c2ccc(Br)cc2)sc1CN. The van der Waals surface area contributed by atoms with Gasteiger partial charge >= 0.3 is 0 Å². The molecule has 2 rings (SSSR count). The molecule has 15 heavy (non-hydrogen) atoms. The first-order valence-electron chi connectivity index (χ1n) is 4.63. The summed E-state index contributed by atoms with van der Waals surface area (Å²) in [5.41, 5.74) is 7.82. The smallest absolute Gasteiger partial charge is 0.123 e. The molecule has 78 valence electrons. The highest BCUT2D eigenvalue weighted by atomic mass is 79.9. The van der Waals surface area contributed by atoms with E-state index in [0.29, 0.717) is 6.54 Å². The van der Waals surface area contributed by atoms with Gasteiger partial charge in [-0.25, -0.2) is 4.98 Å². The maximum atomic E-state index is 5.63. The summed E-state index contributed by atoms with van der Waals surface area (Å²) in [6.07, 6.45) is 0. The maximum absolute atomic E-state index is 5.63. The number of benzene rings is 1. The molecule has 0 aliphatic rings. The van der Waals surface area contributed by atoms with Crippen molar-refractivity contribution in [2.75, 3.05) is 0 Å². The monoisotopic (exact) mass is 282 g/mol. The fourth-order valence-electron chi connectivity index (χ4n) is 1.33. The van der Waals surface area contributed by atoms with Gasteiger partial charge in [0.1, 0.15) is 5.01 Å². The quantitative estimate of drug-likeness (QED) is 0.918. The zero-order valence-electron chi connectivity index (χ0n) is 8.33. The Bertz CT molecular complexity index is 462. The van der Waals surface area contributed by atoms with Gasteiger partial charge in [-0.3, -0.25) is 0 Å². The van der Waals surface area contributed by atoms with Crippen molar-refractivity contribution in [3.8, 4) is 10.6 Å². The Morgan fingerprint density at radius 2 is 2.00 bits per heavy atom. The van der Waals surface area contributed by atoms with Crippen LogP contribution in [0.2, 0.25) is 0 Å². The van der Waals surface area contributed by atoms with Crippen LogP contribution < -0.4 is 5.73 Å². The van der Waals surface area contributed by atoms with Crippen LogP contribution in [0.3, 0.4) is 0 Å². The minimum Gasteiger partial charge on any atom is -0.326 e. The molecule has 0 bridgehead atoms. The predicted molar refractivity (Wildman–Crippen MR) is 67.9 cm³/mol. The standard InChI is InChI=1S/C11H11BrN2S/c1-7-10(6-13)15-11(14-7)8-2-4-9(12)5-3-8/h2-5H,6,13H2,1H3. The minimum atomic E-state index is 0.569. The fourth-order valence-corrected chi connectivity index (χ4v) is 2.54. The first kappa shape index (κ1) is 10.8. The molecule has 1 aromatic carbocycles. The average molecular weight is 283 g/mol. The van der Waals surface area contributed by atoms with Gasteiger partial charge in [0.05, 0.1) is 5.69 Å². The lowest BCUT2D eigenvalue weighted by molar-refractivity contribution is 1.06. The van der Waals surface area contributed by atoms with Crippen LogP contribution in [0.15, 0.2) is 28.7 Å². The first-order chi connectivity index (χ1) is 7.20. The zero-order valence-corrected chi connectivity index (χ0v) is 10.7. The van der Waals surface area contributed by atoms with Crippen molar-refractivity contribution in [2.45, 2.75) is 13.5 Å². The summed E-state index contributed by atoms with van der Waals surface area (Å²) in [4.78, 5) is 5.66. The number of thiazole rings is 1. The summed E-state index contributed by atoms with van der Waals surface area (Å²) in [6, 6.07) is 8.16. The Morgan fingerprint density at radius 3 is 2.53 bits per heavy atom. The van der Waals surface area contributed by atoms with Gasteiger partial charge in [-0.1, -0.05) is 28.1 Å². The second-order valence-electron chi connectivity index (χ2n) is 3.24. The second-order valence-corrected chi connectivity index (χ2v) is 5.24. The van der Waals surface area contributed by atoms with Crippen molar-refractivity contribution in [1.29, 1.82) is 0 Å². The van der Waals surface area contributed by atoms with Gasteiger partial charge in [0.2, 0.25) is 0 Å². The topological polar surface area (TPSA) is 38.9 Å². The average Bonchev–Trinajstić information content (AvgIpc) is 2.61. The third kappa shape index (κ3) is 2.27. The Labute approximate surface area is 101 Å². The molecule has 1 aromatic heterocycles. The molecule has 0 spiro atoms. The van der Waals surface area contributed by atoms with Crippen molar-refractivity contribution in [1.82, 2.24) is 4.98 Å². The van der Waals surface area contributed by atoms with E-state index in [9.17, 15) is 0 Å². The third-order valence-corrected chi connectivity index (χ3v) is 3.93. The lowest BCUT2D eigenvalue weighted by Crippen LogP contribution is -1.94. The lowest BCUT2D eigenvalue weighted by Gasteiger charge is -1.95. The van der Waals surface area contributed by atoms with E-state index < -0.39 is 0 Å². The van der Waals surface area contributed by atoms with Crippen molar-refractivity contribution >= 4 is 27.3 Å². The van der Waals surface area contributed by atoms with E-state index in [4.69, 9.17) is 5.73 Å². The summed E-state index contributed by atoms with van der Waals surface area (Å²) >= 11 is 5.08. The van der Waals surface area contributed by atoms with E-state index in [1.165, 1.54) is 0 Å². The molecule has 0 aliphatic heterocycles. The van der Waals surface area contributed by atoms with Gasteiger partial charge in [0.25, 0.3) is 0 Å². The van der Waals surface area contributed by atoms with Gasteiger partial charge in [0, 0.05) is 21.5 Å². The Kier molecular flexibility index (Phi) is 3.19. The minimum absolute atomic E-state index is 0.569. The maximum Gasteiger partial charge on any atom is 0.123 e. The number of rotatable bonds is 2. The molecule has 0 saturated carbocycles. The number of nitrogens with zero attached hydrogens (tertiary/aromatic N) is 1. The Balaban J connectivity index is 2.41. The largest absolute Gasteiger partial charge is 0.326 e. The van der Waals surface area contributed by atoms with Gasteiger partial charge in [-0.2, -0.15) is 0 Å². The normalized spacial score (nSPS) is 10.6. The molecule has 0 saturated heterocycles. The molecule has 2 nitrogen and oxygen atoms in total. The van der Waals surface area contributed by atoms with Gasteiger partial charge in [-0.05, 0) is 19.1 Å². The van der Waals surface area contributed by atoms with Crippen LogP contribution in [-0.2, 0) is 6.54 Å². The van der Waals surface area contributed by atoms with Crippen LogP contribution in [0.5, 0.6) is 0 Å². The van der Waals surface area contributed by atoms with Crippen LogP contribution in [0.4, 0.5) is 0 Å². The van der Waals surface area contributed by atoms with Gasteiger partial charge in [0.15, 0.2) is 0 Å². The molecule has 0 aliphatic carbocycles. The highest BCUT2D eigenvalue weighted by Crippen LogP contribution is 2.28. The Hall–Kier alpha value is -0.710. The molecule has 0 radical (unpaired) electrons. The number of hydrogen-bond donors (Lipinski definition) is 1. The van der Waals surface area contributed by atoms with Crippen LogP contribution in [-0.4, -0.2) is 4.98 Å². The summed E-state index contributed by atoms with van der Waals surface area (Å²) in [5.74, 6) is 0. The van der Waals surface area contributed by atoms with Gasteiger partial charge in [-0.15, -0.1) is 11.3 Å². The number of aryl methyl sites for hydroxylation is 1. The highest BCUT2D eigenvalue weighted by molar-refractivity contribution is 9.10. The lowest BCUT2D eigenvalue weighted by atomic mass is 10.2. The predicted octanol–water partition coefficient (Wildman–Crippen LogP) is 3.34. The number of nitrogens with two attached hydrogens (primary N) is 1. The van der Waals surface area contributed by atoms with Crippen LogP contribution >= 0.6 is 27.3 Å². The summed E-state index contributed by atoms with van der Waals surface area (Å²) in [5, 5.41) is 1.04. The van der Waals surface area contributed by atoms with Gasteiger partial charge < -0.3 is 5.73 Å². The van der Waals surface area contributed by atoms with Crippen molar-refractivity contribution in [3.63, 3.8) is 0 Å². The molecular formula is C11H11BrN2S. The van der Waals surface area contributed by atoms with Crippen molar-refractivity contribution in [2.24, 2.45) is 5.73 Å². The summed E-state index contributed by atoms with van der Waals surface area (Å²) in [6.45, 7) is 2.57. The molecule has 4 heteroatoms. The van der Waals surface area contributed by atoms with E-state index in [1.807, 2.05) is 19.1 Å². The molecule has 2 N–H and O–H groups in total. The second kappa shape index (κ2) is 4.43. The molecule has 2 aromatic rings. The zero-order chi connectivity index (χ0) is 10.8. The van der Waals surface area contributed by atoms with E-state index in [2.05, 4.69) is 33.0 Å². The van der Waals surface area contributed by atoms with Crippen LogP contribution in [0.1, 0.15) is 10.6 Å². The van der Waals surface area contributed by atoms with Crippen LogP contribution in [0, 0.1) is 6.92 Å². The van der Waals surface area contributed by atoms with E-state index in [-0.39, 0.29) is 0 Å². The van der Waals surface area contributed by atoms with E-state index >= 15 is 0 Å². The van der Waals surface area contributed by atoms with Crippen molar-refractivity contribution < 1.29 is 0 Å². The van der Waals surface area contributed by atoms with Crippen molar-refractivity contribution in [3.05, 3.63) is 39.3 Å². The molecule has 0 atom stereocenters. The number of halogens is 1. The summed E-state index contributed by atoms with van der Waals surface area (Å²) in [7, 11) is 0. The number of aromatic nitrogens is 1. The fraction of sp³-hybridized carbons (Fsp3) is 0.182. The molecule has 1 heterocycles. The molecular weight excluding hydrogens is 272 g/mol. The first-order valence-corrected chi connectivity index (χ1v) is 6.24. The third-order valence-electron chi connectivity index (χ3n) is 2.17. The highest BCUT2D eigenvalue weighted by Gasteiger charge is 2.07. The Morgan fingerprint density at radius 1 is 1.33 bits per heavy atom. The summed E-state index contributed by atoms with van der Waals surface area (Å²) < 4.78 is 1.08.